The fourth-order valence-electron chi connectivity index (χ4n) is 1.68. The number of aryl methyl sites for hydroxylation is 2. The van der Waals surface area contributed by atoms with E-state index in [1.165, 1.54) is 5.56 Å². The summed E-state index contributed by atoms with van der Waals surface area (Å²) >= 11 is 0. The number of anilines is 1. The minimum Gasteiger partial charge on any atom is -0.378 e. The third kappa shape index (κ3) is 2.66. The molecule has 0 amide bonds. The molecule has 0 bridgehead atoms. The van der Waals surface area contributed by atoms with E-state index < -0.39 is 0 Å². The van der Waals surface area contributed by atoms with E-state index in [9.17, 15) is 0 Å². The molecule has 0 aromatic carbocycles. The van der Waals surface area contributed by atoms with Gasteiger partial charge in [-0.05, 0) is 18.1 Å². The van der Waals surface area contributed by atoms with Crippen molar-refractivity contribution in [2.45, 2.75) is 26.4 Å². The number of hydrogen-bond donors (Lipinski definition) is 1. The predicted molar refractivity (Wildman–Crippen MR) is 65.3 cm³/mol. The zero-order valence-electron chi connectivity index (χ0n) is 9.85. The van der Waals surface area contributed by atoms with Crippen LogP contribution in [0.25, 0.3) is 0 Å². The highest BCUT2D eigenvalue weighted by Gasteiger charge is 1.98. The minimum absolute atomic E-state index is 0.846. The van der Waals surface area contributed by atoms with E-state index in [0.717, 1.165) is 25.2 Å². The van der Waals surface area contributed by atoms with Crippen LogP contribution in [0.5, 0.6) is 0 Å². The van der Waals surface area contributed by atoms with E-state index in [0.29, 0.717) is 0 Å². The molecule has 4 heteroatoms. The average molecular weight is 218 g/mol. The summed E-state index contributed by atoms with van der Waals surface area (Å²) in [5.74, 6) is 0. The van der Waals surface area contributed by atoms with Gasteiger partial charge in [-0.3, -0.25) is 4.68 Å². The normalized spacial score (nSPS) is 10.6. The van der Waals surface area contributed by atoms with E-state index in [-0.39, 0.29) is 0 Å². The molecule has 0 fully saturated rings. The van der Waals surface area contributed by atoms with Crippen molar-refractivity contribution in [1.82, 2.24) is 14.3 Å². The fourth-order valence-corrected chi connectivity index (χ4v) is 1.68. The van der Waals surface area contributed by atoms with Gasteiger partial charge in [0.05, 0.1) is 11.9 Å². The number of rotatable bonds is 5. The Morgan fingerprint density at radius 2 is 2.25 bits per heavy atom. The highest BCUT2D eigenvalue weighted by molar-refractivity contribution is 5.38. The second-order valence-corrected chi connectivity index (χ2v) is 4.03. The molecule has 0 saturated heterocycles. The van der Waals surface area contributed by atoms with E-state index >= 15 is 0 Å². The van der Waals surface area contributed by atoms with Gasteiger partial charge in [0.2, 0.25) is 0 Å². The molecule has 0 radical (unpaired) electrons. The Labute approximate surface area is 95.9 Å². The Bertz CT molecular complexity index is 441. The van der Waals surface area contributed by atoms with Crippen LogP contribution >= 0.6 is 0 Å². The van der Waals surface area contributed by atoms with Crippen LogP contribution in [0.15, 0.2) is 30.9 Å². The molecule has 86 valence electrons. The van der Waals surface area contributed by atoms with Crippen molar-refractivity contribution in [3.8, 4) is 0 Å². The van der Waals surface area contributed by atoms with Crippen LogP contribution in [-0.4, -0.2) is 14.3 Å². The highest BCUT2D eigenvalue weighted by atomic mass is 15.3. The van der Waals surface area contributed by atoms with Gasteiger partial charge in [-0.1, -0.05) is 6.92 Å². The Balaban J connectivity index is 1.89. The van der Waals surface area contributed by atoms with Gasteiger partial charge < -0.3 is 9.88 Å². The van der Waals surface area contributed by atoms with Crippen LogP contribution in [0, 0.1) is 0 Å². The first-order valence-corrected chi connectivity index (χ1v) is 5.65. The second kappa shape index (κ2) is 4.88. The molecule has 4 nitrogen and oxygen atoms in total. The molecular weight excluding hydrogens is 200 g/mol. The van der Waals surface area contributed by atoms with Gasteiger partial charge in [-0.2, -0.15) is 5.10 Å². The minimum atomic E-state index is 0.846. The summed E-state index contributed by atoms with van der Waals surface area (Å²) in [6.45, 7) is 3.98. The molecule has 16 heavy (non-hydrogen) atoms. The molecule has 0 spiro atoms. The Kier molecular flexibility index (Phi) is 3.29. The molecule has 0 atom stereocenters. The molecule has 0 saturated carbocycles. The SMILES string of the molecule is CCCn1cc(NCc2ccn(C)c2)cn1. The molecule has 0 aliphatic carbocycles. The van der Waals surface area contributed by atoms with Gasteiger partial charge in [0.15, 0.2) is 0 Å². The first-order valence-electron chi connectivity index (χ1n) is 5.65. The van der Waals surface area contributed by atoms with Gasteiger partial charge in [0.25, 0.3) is 0 Å². The standard InChI is InChI=1S/C12H18N4/c1-3-5-16-10-12(8-14-16)13-7-11-4-6-15(2)9-11/h4,6,8-10,13H,3,5,7H2,1-2H3. The van der Waals surface area contributed by atoms with Crippen molar-refractivity contribution in [3.63, 3.8) is 0 Å². The zero-order valence-corrected chi connectivity index (χ0v) is 9.85. The Hall–Kier alpha value is -1.71. The number of aromatic nitrogens is 3. The third-order valence-corrected chi connectivity index (χ3v) is 2.48. The van der Waals surface area contributed by atoms with Gasteiger partial charge in [-0.15, -0.1) is 0 Å². The van der Waals surface area contributed by atoms with E-state index in [2.05, 4.69) is 40.4 Å². The molecule has 1 N–H and O–H groups in total. The lowest BCUT2D eigenvalue weighted by Crippen LogP contribution is -1.98. The number of nitrogens with zero attached hydrogens (tertiary/aromatic N) is 3. The highest BCUT2D eigenvalue weighted by Crippen LogP contribution is 2.08. The quantitative estimate of drug-likeness (QED) is 0.835. The summed E-state index contributed by atoms with van der Waals surface area (Å²) in [4.78, 5) is 0. The van der Waals surface area contributed by atoms with E-state index in [1.54, 1.807) is 0 Å². The fraction of sp³-hybridized carbons (Fsp3) is 0.417. The van der Waals surface area contributed by atoms with Crippen LogP contribution < -0.4 is 5.32 Å². The Morgan fingerprint density at radius 1 is 1.38 bits per heavy atom. The first-order chi connectivity index (χ1) is 7.78. The maximum atomic E-state index is 4.27. The number of hydrogen-bond acceptors (Lipinski definition) is 2. The maximum absolute atomic E-state index is 4.27. The maximum Gasteiger partial charge on any atom is 0.0729 e. The topological polar surface area (TPSA) is 34.8 Å². The van der Waals surface area contributed by atoms with E-state index in [4.69, 9.17) is 0 Å². The molecule has 2 aromatic heterocycles. The monoisotopic (exact) mass is 218 g/mol. The summed E-state index contributed by atoms with van der Waals surface area (Å²) in [5.41, 5.74) is 2.36. The summed E-state index contributed by atoms with van der Waals surface area (Å²) in [5, 5.41) is 7.63. The van der Waals surface area contributed by atoms with Crippen LogP contribution in [0.1, 0.15) is 18.9 Å². The number of nitrogens with one attached hydrogen (secondary N) is 1. The van der Waals surface area contributed by atoms with Crippen molar-refractivity contribution < 1.29 is 0 Å². The largest absolute Gasteiger partial charge is 0.378 e. The van der Waals surface area contributed by atoms with Gasteiger partial charge >= 0.3 is 0 Å². The van der Waals surface area contributed by atoms with Crippen molar-refractivity contribution >= 4 is 5.69 Å². The molecular formula is C12H18N4. The summed E-state index contributed by atoms with van der Waals surface area (Å²) in [6, 6.07) is 2.11. The smallest absolute Gasteiger partial charge is 0.0729 e. The van der Waals surface area contributed by atoms with Gasteiger partial charge in [0, 0.05) is 38.7 Å². The van der Waals surface area contributed by atoms with Gasteiger partial charge in [0.1, 0.15) is 0 Å². The molecule has 0 aliphatic heterocycles. The molecule has 0 unspecified atom stereocenters. The van der Waals surface area contributed by atoms with Crippen LogP contribution in [-0.2, 0) is 20.1 Å². The Morgan fingerprint density at radius 3 is 2.94 bits per heavy atom. The zero-order chi connectivity index (χ0) is 11.4. The lowest BCUT2D eigenvalue weighted by Gasteiger charge is -2.00. The predicted octanol–water partition coefficient (Wildman–Crippen LogP) is 2.24. The third-order valence-electron chi connectivity index (χ3n) is 2.48. The van der Waals surface area contributed by atoms with Crippen molar-refractivity contribution in [1.29, 1.82) is 0 Å². The first kappa shape index (κ1) is 10.8. The summed E-state index contributed by atoms with van der Waals surface area (Å²) in [6.07, 6.45) is 9.20. The molecule has 2 heterocycles. The van der Waals surface area contributed by atoms with Crippen LogP contribution in [0.4, 0.5) is 5.69 Å². The summed E-state index contributed by atoms with van der Waals surface area (Å²) < 4.78 is 4.02. The molecule has 2 rings (SSSR count). The van der Waals surface area contributed by atoms with Crippen molar-refractivity contribution in [2.75, 3.05) is 5.32 Å². The van der Waals surface area contributed by atoms with Crippen molar-refractivity contribution in [3.05, 3.63) is 36.4 Å². The lowest BCUT2D eigenvalue weighted by molar-refractivity contribution is 0.603. The second-order valence-electron chi connectivity index (χ2n) is 4.03. The van der Waals surface area contributed by atoms with Crippen molar-refractivity contribution in [2.24, 2.45) is 7.05 Å². The van der Waals surface area contributed by atoms with E-state index in [1.807, 2.05) is 24.1 Å². The van der Waals surface area contributed by atoms with Crippen LogP contribution in [0.2, 0.25) is 0 Å². The lowest BCUT2D eigenvalue weighted by atomic mass is 10.3. The van der Waals surface area contributed by atoms with Crippen LogP contribution in [0.3, 0.4) is 0 Å². The molecule has 0 aliphatic rings. The average Bonchev–Trinajstić information content (AvgIpc) is 2.85. The molecule has 2 aromatic rings. The summed E-state index contributed by atoms with van der Waals surface area (Å²) in [7, 11) is 2.03. The van der Waals surface area contributed by atoms with Gasteiger partial charge in [-0.25, -0.2) is 0 Å².